The Morgan fingerprint density at radius 3 is 0.686 bits per heavy atom. The summed E-state index contributed by atoms with van der Waals surface area (Å²) < 4.78 is 16.5. The lowest BCUT2D eigenvalue weighted by Gasteiger charge is -2.27. The van der Waals surface area contributed by atoms with Crippen LogP contribution in [-0.2, 0) is 4.57 Å². The van der Waals surface area contributed by atoms with Gasteiger partial charge in [0.1, 0.15) is 0 Å². The van der Waals surface area contributed by atoms with Crippen LogP contribution in [0.25, 0.3) is 66.8 Å². The van der Waals surface area contributed by atoms with Gasteiger partial charge in [-0.05, 0) is 102 Å². The van der Waals surface area contributed by atoms with Crippen LogP contribution in [0.5, 0.6) is 0 Å². The van der Waals surface area contributed by atoms with E-state index >= 15 is 4.57 Å². The van der Waals surface area contributed by atoms with E-state index in [1.54, 1.807) is 0 Å². The second kappa shape index (κ2) is 14.3. The fourth-order valence-electron chi connectivity index (χ4n) is 6.95. The van der Waals surface area contributed by atoms with E-state index in [1.165, 1.54) is 0 Å². The number of hydrogen-bond acceptors (Lipinski definition) is 1. The van der Waals surface area contributed by atoms with E-state index < -0.39 is 6.49 Å². The Labute approximate surface area is 304 Å². The van der Waals surface area contributed by atoms with Gasteiger partial charge in [0.2, 0.25) is 6.49 Å². The van der Waals surface area contributed by atoms with E-state index in [2.05, 4.69) is 97.1 Å². The van der Waals surface area contributed by atoms with Crippen LogP contribution in [0.15, 0.2) is 206 Å². The molecule has 1 nitrogen and oxygen atoms in total. The molecule has 0 atom stereocenters. The molecule has 0 aromatic heterocycles. The molecule has 8 rings (SSSR count). The third-order valence-corrected chi connectivity index (χ3v) is 12.5. The van der Waals surface area contributed by atoms with Crippen molar-refractivity contribution in [2.75, 3.05) is 0 Å². The van der Waals surface area contributed by atoms with Crippen molar-refractivity contribution in [2.45, 2.75) is 0 Å². The maximum atomic E-state index is 16.5. The summed E-state index contributed by atoms with van der Waals surface area (Å²) in [7, 11) is 0. The van der Waals surface area contributed by atoms with Crippen molar-refractivity contribution in [1.82, 2.24) is 0 Å². The van der Waals surface area contributed by atoms with Crippen LogP contribution >= 0.6 is 17.7 Å². The molecule has 0 aliphatic rings. The molecule has 0 spiro atoms. The quantitative estimate of drug-likeness (QED) is 0.145. The van der Waals surface area contributed by atoms with Crippen LogP contribution in [0.1, 0.15) is 0 Å². The van der Waals surface area contributed by atoms with Crippen molar-refractivity contribution in [3.05, 3.63) is 206 Å². The molecular weight excluding hydrogens is 659 g/mol. The number of hydrogen-bond donors (Lipinski definition) is 0. The molecule has 3 heteroatoms. The fraction of sp³-hybridized carbons (Fsp3) is 0. The first-order chi connectivity index (χ1) is 25.1. The summed E-state index contributed by atoms with van der Waals surface area (Å²) in [5.41, 5.74) is 11.4. The molecule has 8 aromatic rings. The number of rotatable bonds is 8. The summed E-state index contributed by atoms with van der Waals surface area (Å²) in [6.07, 6.45) is 0. The van der Waals surface area contributed by atoms with Gasteiger partial charge in [-0.2, -0.15) is 0 Å². The monoisotopic (exact) mass is 692 g/mol. The summed E-state index contributed by atoms with van der Waals surface area (Å²) in [6.45, 7) is -3.96. The maximum Gasteiger partial charge on any atom is 0.228 e. The van der Waals surface area contributed by atoms with E-state index in [1.807, 2.05) is 109 Å². The second-order valence-corrected chi connectivity index (χ2v) is 16.0. The maximum absolute atomic E-state index is 16.5. The second-order valence-electron chi connectivity index (χ2n) is 12.6. The molecule has 0 unspecified atom stereocenters. The normalized spacial score (nSPS) is 11.3. The van der Waals surface area contributed by atoms with Crippen LogP contribution in [0, 0.1) is 0 Å². The van der Waals surface area contributed by atoms with Crippen molar-refractivity contribution in [1.29, 1.82) is 0 Å². The first kappa shape index (κ1) is 32.5. The Kier molecular flexibility index (Phi) is 9.08. The topological polar surface area (TPSA) is 17.1 Å². The lowest BCUT2D eigenvalue weighted by atomic mass is 9.93. The molecule has 244 valence electrons. The van der Waals surface area contributed by atoms with Gasteiger partial charge in [0.25, 0.3) is 0 Å². The first-order valence-corrected chi connectivity index (χ1v) is 19.7. The van der Waals surface area contributed by atoms with E-state index in [-0.39, 0.29) is 0 Å². The molecule has 0 aliphatic heterocycles. The summed E-state index contributed by atoms with van der Waals surface area (Å²) >= 11 is 7.96. The zero-order valence-electron chi connectivity index (χ0n) is 27.9. The molecule has 0 heterocycles. The van der Waals surface area contributed by atoms with Crippen molar-refractivity contribution in [3.63, 3.8) is 0 Å². The standard InChI is InChI=1S/C48H34ClOP/c49-51(50,47-43(37-23-11-3-12-24-37)31-41(35-19-7-1-8-20-35)32-44(47)38-25-13-4-14-26-38)48-45(39-27-15-5-16-28-39)33-42(36-21-9-2-10-22-36)34-46(48)40-29-17-6-18-30-40/h1-34H. The molecule has 0 fully saturated rings. The van der Waals surface area contributed by atoms with Gasteiger partial charge < -0.3 is 0 Å². The minimum atomic E-state index is -3.96. The van der Waals surface area contributed by atoms with Gasteiger partial charge in [0.05, 0.1) is 0 Å². The van der Waals surface area contributed by atoms with Crippen molar-refractivity contribution < 1.29 is 4.57 Å². The molecule has 0 saturated carbocycles. The van der Waals surface area contributed by atoms with Crippen LogP contribution in [0.4, 0.5) is 0 Å². The summed E-state index contributed by atoms with van der Waals surface area (Å²) in [5, 5.41) is 1.26. The van der Waals surface area contributed by atoms with Crippen LogP contribution in [0.2, 0.25) is 0 Å². The predicted molar refractivity (Wildman–Crippen MR) is 218 cm³/mol. The minimum Gasteiger partial charge on any atom is -0.296 e. The average Bonchev–Trinajstić information content (AvgIpc) is 3.22. The summed E-state index contributed by atoms with van der Waals surface area (Å²) in [6, 6.07) is 70.1. The van der Waals surface area contributed by atoms with Crippen molar-refractivity contribution >= 4 is 28.3 Å². The zero-order valence-corrected chi connectivity index (χ0v) is 29.5. The Morgan fingerprint density at radius 2 is 0.471 bits per heavy atom. The molecule has 0 bridgehead atoms. The highest BCUT2D eigenvalue weighted by Gasteiger charge is 2.37. The first-order valence-electron chi connectivity index (χ1n) is 17.1. The van der Waals surface area contributed by atoms with Crippen LogP contribution in [0.3, 0.4) is 0 Å². The molecule has 0 N–H and O–H groups in total. The zero-order chi connectivity index (χ0) is 34.6. The number of halogens is 1. The van der Waals surface area contributed by atoms with Gasteiger partial charge in [-0.1, -0.05) is 182 Å². The van der Waals surface area contributed by atoms with Gasteiger partial charge in [0, 0.05) is 10.6 Å². The van der Waals surface area contributed by atoms with Gasteiger partial charge in [-0.25, -0.2) is 0 Å². The van der Waals surface area contributed by atoms with Gasteiger partial charge in [-0.15, -0.1) is 0 Å². The minimum absolute atomic E-state index is 0.628. The lowest BCUT2D eigenvalue weighted by Crippen LogP contribution is -2.21. The van der Waals surface area contributed by atoms with Gasteiger partial charge >= 0.3 is 0 Å². The Hall–Kier alpha value is -5.72. The Bertz CT molecular complexity index is 2170. The van der Waals surface area contributed by atoms with E-state index in [9.17, 15) is 0 Å². The molecule has 0 aliphatic carbocycles. The van der Waals surface area contributed by atoms with E-state index in [0.29, 0.717) is 10.6 Å². The smallest absolute Gasteiger partial charge is 0.228 e. The summed E-state index contributed by atoms with van der Waals surface area (Å²) in [4.78, 5) is 0. The Morgan fingerprint density at radius 1 is 0.275 bits per heavy atom. The largest absolute Gasteiger partial charge is 0.296 e. The molecule has 0 amide bonds. The highest BCUT2D eigenvalue weighted by Crippen LogP contribution is 2.58. The van der Waals surface area contributed by atoms with Crippen molar-refractivity contribution in [2.24, 2.45) is 0 Å². The molecule has 51 heavy (non-hydrogen) atoms. The van der Waals surface area contributed by atoms with E-state index in [4.69, 9.17) is 11.2 Å². The number of benzene rings is 8. The SMILES string of the molecule is O=P(Cl)(c1c(-c2ccccc2)cc(-c2ccccc2)cc1-c1ccccc1)c1c(-c2ccccc2)cc(-c2ccccc2)cc1-c1ccccc1. The van der Waals surface area contributed by atoms with E-state index in [0.717, 1.165) is 66.8 Å². The average molecular weight is 693 g/mol. The molecule has 0 saturated heterocycles. The fourth-order valence-corrected chi connectivity index (χ4v) is 10.3. The molecule has 0 radical (unpaired) electrons. The van der Waals surface area contributed by atoms with Crippen LogP contribution < -0.4 is 10.6 Å². The summed E-state index contributed by atoms with van der Waals surface area (Å²) in [5.74, 6) is 0. The van der Waals surface area contributed by atoms with Crippen LogP contribution in [-0.4, -0.2) is 0 Å². The predicted octanol–water partition coefficient (Wildman–Crippen LogP) is 13.2. The Balaban J connectivity index is 1.52. The highest BCUT2D eigenvalue weighted by molar-refractivity contribution is 8.01. The van der Waals surface area contributed by atoms with Gasteiger partial charge in [0.15, 0.2) is 0 Å². The third kappa shape index (κ3) is 6.51. The van der Waals surface area contributed by atoms with Gasteiger partial charge in [-0.3, -0.25) is 4.57 Å². The van der Waals surface area contributed by atoms with Crippen molar-refractivity contribution in [3.8, 4) is 66.8 Å². The third-order valence-electron chi connectivity index (χ3n) is 9.35. The molecule has 8 aromatic carbocycles. The lowest BCUT2D eigenvalue weighted by molar-refractivity contribution is 0.595. The highest BCUT2D eigenvalue weighted by atomic mass is 35.7. The molecular formula is C48H34ClOP.